The van der Waals surface area contributed by atoms with Gasteiger partial charge in [0.25, 0.3) is 5.91 Å². The largest absolute Gasteiger partial charge is 0.486 e. The first-order valence-corrected chi connectivity index (χ1v) is 8.16. The molecule has 1 aliphatic heterocycles. The van der Waals surface area contributed by atoms with E-state index in [0.717, 1.165) is 0 Å². The topological polar surface area (TPSA) is 59.6 Å². The molecule has 8 heteroatoms. The third kappa shape index (κ3) is 3.90. The van der Waals surface area contributed by atoms with Gasteiger partial charge in [-0.3, -0.25) is 10.1 Å². The number of hydrogen-bond acceptors (Lipinski definition) is 4. The van der Waals surface area contributed by atoms with Gasteiger partial charge in [-0.15, -0.1) is 0 Å². The lowest BCUT2D eigenvalue weighted by molar-refractivity contribution is 0.0978. The van der Waals surface area contributed by atoms with Gasteiger partial charge in [0.05, 0.1) is 10.6 Å². The molecule has 2 N–H and O–H groups in total. The number of thiocarbonyl (C=S) groups is 1. The smallest absolute Gasteiger partial charge is 0.258 e. The summed E-state index contributed by atoms with van der Waals surface area (Å²) in [5.74, 6) is 0.850. The SMILES string of the molecule is O=C(NC(=S)Nc1ccc2c(c1)OCCO2)c1cc(Cl)ccc1Cl. The monoisotopic (exact) mass is 382 g/mol. The maximum absolute atomic E-state index is 12.2. The van der Waals surface area contributed by atoms with E-state index in [1.807, 2.05) is 0 Å². The van der Waals surface area contributed by atoms with Crippen LogP contribution in [0.3, 0.4) is 0 Å². The van der Waals surface area contributed by atoms with Crippen LogP contribution in [0.4, 0.5) is 5.69 Å². The molecule has 24 heavy (non-hydrogen) atoms. The Morgan fingerprint density at radius 2 is 1.79 bits per heavy atom. The van der Waals surface area contributed by atoms with E-state index in [2.05, 4.69) is 10.6 Å². The van der Waals surface area contributed by atoms with E-state index < -0.39 is 5.91 Å². The molecule has 3 rings (SSSR count). The first-order chi connectivity index (χ1) is 11.5. The van der Waals surface area contributed by atoms with Crippen LogP contribution < -0.4 is 20.1 Å². The molecular formula is C16H12Cl2N2O3S. The molecule has 0 bridgehead atoms. The van der Waals surface area contributed by atoms with Crippen LogP contribution in [-0.4, -0.2) is 24.2 Å². The van der Waals surface area contributed by atoms with Crippen LogP contribution in [0.15, 0.2) is 36.4 Å². The van der Waals surface area contributed by atoms with Gasteiger partial charge < -0.3 is 14.8 Å². The Morgan fingerprint density at radius 3 is 2.58 bits per heavy atom. The number of anilines is 1. The molecule has 0 saturated carbocycles. The fraction of sp³-hybridized carbons (Fsp3) is 0.125. The number of halogens is 2. The zero-order chi connectivity index (χ0) is 17.1. The first-order valence-electron chi connectivity index (χ1n) is 7.00. The number of benzene rings is 2. The van der Waals surface area contributed by atoms with Crippen molar-refractivity contribution in [1.82, 2.24) is 5.32 Å². The normalized spacial score (nSPS) is 12.4. The van der Waals surface area contributed by atoms with Crippen molar-refractivity contribution in [2.45, 2.75) is 0 Å². The fourth-order valence-electron chi connectivity index (χ4n) is 2.13. The molecule has 0 aliphatic carbocycles. The number of amides is 1. The van der Waals surface area contributed by atoms with Crippen LogP contribution in [0, 0.1) is 0 Å². The number of carbonyl (C=O) groups is 1. The van der Waals surface area contributed by atoms with E-state index in [9.17, 15) is 4.79 Å². The Labute approximate surface area is 153 Å². The molecule has 0 saturated heterocycles. The maximum atomic E-state index is 12.2. The number of carbonyl (C=O) groups excluding carboxylic acids is 1. The molecule has 1 heterocycles. The van der Waals surface area contributed by atoms with E-state index in [-0.39, 0.29) is 10.7 Å². The second kappa shape index (κ2) is 7.25. The maximum Gasteiger partial charge on any atom is 0.258 e. The summed E-state index contributed by atoms with van der Waals surface area (Å²) >= 11 is 17.0. The van der Waals surface area contributed by atoms with Crippen molar-refractivity contribution < 1.29 is 14.3 Å². The summed E-state index contributed by atoms with van der Waals surface area (Å²) in [5.41, 5.74) is 0.914. The Hall–Kier alpha value is -2.02. The summed E-state index contributed by atoms with van der Waals surface area (Å²) < 4.78 is 10.9. The molecule has 0 radical (unpaired) electrons. The number of hydrogen-bond donors (Lipinski definition) is 2. The van der Waals surface area contributed by atoms with Crippen molar-refractivity contribution in [3.8, 4) is 11.5 Å². The molecule has 0 unspecified atom stereocenters. The van der Waals surface area contributed by atoms with Gasteiger partial charge in [-0.25, -0.2) is 0 Å². The van der Waals surface area contributed by atoms with Gasteiger partial charge in [0.15, 0.2) is 16.6 Å². The fourth-order valence-corrected chi connectivity index (χ4v) is 2.71. The lowest BCUT2D eigenvalue weighted by Crippen LogP contribution is -2.34. The minimum Gasteiger partial charge on any atom is -0.486 e. The quantitative estimate of drug-likeness (QED) is 0.771. The third-order valence-corrected chi connectivity index (χ3v) is 3.97. The average molecular weight is 383 g/mol. The minimum absolute atomic E-state index is 0.132. The van der Waals surface area contributed by atoms with Gasteiger partial charge in [-0.1, -0.05) is 23.2 Å². The van der Waals surface area contributed by atoms with Crippen LogP contribution in [0.2, 0.25) is 10.0 Å². The number of nitrogens with one attached hydrogen (secondary N) is 2. The predicted octanol–water partition coefficient (Wildman–Crippen LogP) is 3.89. The van der Waals surface area contributed by atoms with Gasteiger partial charge in [0, 0.05) is 16.8 Å². The molecule has 5 nitrogen and oxygen atoms in total. The summed E-state index contributed by atoms with van der Waals surface area (Å²) in [7, 11) is 0. The zero-order valence-corrected chi connectivity index (χ0v) is 14.6. The van der Waals surface area contributed by atoms with Gasteiger partial charge in [-0.05, 0) is 42.5 Å². The van der Waals surface area contributed by atoms with Crippen LogP contribution >= 0.6 is 35.4 Å². The van der Waals surface area contributed by atoms with E-state index in [1.165, 1.54) is 6.07 Å². The van der Waals surface area contributed by atoms with E-state index in [1.54, 1.807) is 30.3 Å². The van der Waals surface area contributed by atoms with Gasteiger partial charge in [-0.2, -0.15) is 0 Å². The Balaban J connectivity index is 1.67. The molecule has 0 spiro atoms. The summed E-state index contributed by atoms with van der Waals surface area (Å²) in [6.45, 7) is 1.01. The summed E-state index contributed by atoms with van der Waals surface area (Å²) in [4.78, 5) is 12.2. The van der Waals surface area contributed by atoms with Crippen molar-refractivity contribution >= 4 is 52.1 Å². The van der Waals surface area contributed by atoms with Crippen LogP contribution in [0.5, 0.6) is 11.5 Å². The van der Waals surface area contributed by atoms with E-state index >= 15 is 0 Å². The van der Waals surface area contributed by atoms with E-state index in [4.69, 9.17) is 44.9 Å². The predicted molar refractivity (Wildman–Crippen MR) is 97.6 cm³/mol. The molecule has 0 fully saturated rings. The van der Waals surface area contributed by atoms with Crippen LogP contribution in [-0.2, 0) is 0 Å². The highest BCUT2D eigenvalue weighted by molar-refractivity contribution is 7.80. The Kier molecular flexibility index (Phi) is 5.08. The van der Waals surface area contributed by atoms with Gasteiger partial charge in [0.2, 0.25) is 0 Å². The second-order valence-electron chi connectivity index (χ2n) is 4.89. The molecule has 1 aliphatic rings. The van der Waals surface area contributed by atoms with Crippen molar-refractivity contribution in [2.24, 2.45) is 0 Å². The first kappa shape index (κ1) is 16.8. The van der Waals surface area contributed by atoms with Crippen LogP contribution in [0.1, 0.15) is 10.4 Å². The molecule has 0 atom stereocenters. The molecular weight excluding hydrogens is 371 g/mol. The molecule has 124 valence electrons. The summed E-state index contributed by atoms with van der Waals surface area (Å²) in [6.07, 6.45) is 0. The highest BCUT2D eigenvalue weighted by atomic mass is 35.5. The van der Waals surface area contributed by atoms with Gasteiger partial charge in [0.1, 0.15) is 13.2 Å². The van der Waals surface area contributed by atoms with Crippen molar-refractivity contribution in [2.75, 3.05) is 18.5 Å². The molecule has 2 aromatic rings. The summed E-state index contributed by atoms with van der Waals surface area (Å²) in [6, 6.07) is 9.93. The Morgan fingerprint density at radius 1 is 1.04 bits per heavy atom. The van der Waals surface area contributed by atoms with Gasteiger partial charge >= 0.3 is 0 Å². The number of rotatable bonds is 2. The third-order valence-electron chi connectivity index (χ3n) is 3.20. The molecule has 0 aromatic heterocycles. The lowest BCUT2D eigenvalue weighted by Gasteiger charge is -2.19. The average Bonchev–Trinajstić information content (AvgIpc) is 2.56. The molecule has 2 aromatic carbocycles. The van der Waals surface area contributed by atoms with E-state index in [0.29, 0.717) is 40.4 Å². The highest BCUT2D eigenvalue weighted by Gasteiger charge is 2.14. The minimum atomic E-state index is -0.447. The number of ether oxygens (including phenoxy) is 2. The van der Waals surface area contributed by atoms with Crippen molar-refractivity contribution in [3.05, 3.63) is 52.0 Å². The zero-order valence-electron chi connectivity index (χ0n) is 12.3. The second-order valence-corrected chi connectivity index (χ2v) is 6.14. The Bertz CT molecular complexity index is 814. The van der Waals surface area contributed by atoms with Crippen LogP contribution in [0.25, 0.3) is 0 Å². The highest BCUT2D eigenvalue weighted by Crippen LogP contribution is 2.32. The van der Waals surface area contributed by atoms with Crippen molar-refractivity contribution in [3.63, 3.8) is 0 Å². The molecule has 1 amide bonds. The standard InChI is InChI=1S/C16H12Cl2N2O3S/c17-9-1-3-12(18)11(7-9)15(21)20-16(24)19-10-2-4-13-14(8-10)23-6-5-22-13/h1-4,7-8H,5-6H2,(H2,19,20,21,24). The summed E-state index contributed by atoms with van der Waals surface area (Å²) in [5, 5.41) is 6.31. The van der Waals surface area contributed by atoms with Crippen molar-refractivity contribution in [1.29, 1.82) is 0 Å². The lowest BCUT2D eigenvalue weighted by atomic mass is 10.2. The number of fused-ring (bicyclic) bond motifs is 1.